The molecule has 8 heteroatoms. The van der Waals surface area contributed by atoms with Crippen molar-refractivity contribution in [2.45, 2.75) is 50.8 Å². The van der Waals surface area contributed by atoms with Crippen LogP contribution in [0.25, 0.3) is 0 Å². The number of carbonyl (C=O) groups excluding carboxylic acids is 1. The van der Waals surface area contributed by atoms with Gasteiger partial charge in [0, 0.05) is 45.7 Å². The molecule has 2 aliphatic rings. The lowest BCUT2D eigenvalue weighted by Gasteiger charge is -2.30. The van der Waals surface area contributed by atoms with Crippen LogP contribution < -0.4 is 5.32 Å². The first-order chi connectivity index (χ1) is 14.9. The third-order valence-corrected chi connectivity index (χ3v) is 8.39. The van der Waals surface area contributed by atoms with Crippen molar-refractivity contribution in [3.8, 4) is 0 Å². The van der Waals surface area contributed by atoms with Crippen molar-refractivity contribution >= 4 is 15.9 Å². The molecular weight excluding hydrogens is 412 g/mol. The van der Waals surface area contributed by atoms with Gasteiger partial charge < -0.3 is 15.1 Å². The van der Waals surface area contributed by atoms with Crippen LogP contribution in [0.5, 0.6) is 0 Å². The minimum Gasteiger partial charge on any atom is -0.340 e. The Morgan fingerprint density at radius 1 is 1.00 bits per heavy atom. The van der Waals surface area contributed by atoms with E-state index in [0.717, 1.165) is 50.3 Å². The van der Waals surface area contributed by atoms with Crippen molar-refractivity contribution in [2.75, 3.05) is 58.9 Å². The molecule has 2 fully saturated rings. The number of carbonyl (C=O) groups is 1. The van der Waals surface area contributed by atoms with Gasteiger partial charge in [-0.1, -0.05) is 12.5 Å². The number of piperazine rings is 1. The summed E-state index contributed by atoms with van der Waals surface area (Å²) in [5.41, 5.74) is 2.04. The molecule has 0 bridgehead atoms. The van der Waals surface area contributed by atoms with E-state index >= 15 is 0 Å². The van der Waals surface area contributed by atoms with Gasteiger partial charge in [-0.05, 0) is 76.0 Å². The van der Waals surface area contributed by atoms with Crippen molar-refractivity contribution in [1.82, 2.24) is 19.4 Å². The Balaban J connectivity index is 1.67. The van der Waals surface area contributed by atoms with Crippen LogP contribution in [0.15, 0.2) is 23.1 Å². The van der Waals surface area contributed by atoms with Crippen LogP contribution in [-0.4, -0.2) is 87.3 Å². The van der Waals surface area contributed by atoms with E-state index in [-0.39, 0.29) is 18.9 Å². The molecule has 2 heterocycles. The van der Waals surface area contributed by atoms with E-state index < -0.39 is 10.0 Å². The molecule has 0 spiro atoms. The lowest BCUT2D eigenvalue weighted by Crippen LogP contribution is -2.47. The third kappa shape index (κ3) is 6.75. The first-order valence-corrected chi connectivity index (χ1v) is 13.1. The van der Waals surface area contributed by atoms with E-state index in [1.54, 1.807) is 12.1 Å². The maximum absolute atomic E-state index is 13.4. The van der Waals surface area contributed by atoms with Gasteiger partial charge in [0.05, 0.1) is 4.90 Å². The number of likely N-dealkylation sites (tertiary alicyclic amines) is 1. The molecule has 2 aliphatic heterocycles. The maximum atomic E-state index is 13.4. The van der Waals surface area contributed by atoms with Gasteiger partial charge in [-0.3, -0.25) is 4.79 Å². The minimum absolute atomic E-state index is 0.0396. The molecule has 2 saturated heterocycles. The summed E-state index contributed by atoms with van der Waals surface area (Å²) in [7, 11) is -3.64. The van der Waals surface area contributed by atoms with Crippen molar-refractivity contribution in [2.24, 2.45) is 0 Å². The Hall–Kier alpha value is -1.48. The van der Waals surface area contributed by atoms with Crippen LogP contribution in [0, 0.1) is 13.8 Å². The van der Waals surface area contributed by atoms with Crippen molar-refractivity contribution in [3.05, 3.63) is 29.3 Å². The summed E-state index contributed by atoms with van der Waals surface area (Å²) in [4.78, 5) is 17.2. The van der Waals surface area contributed by atoms with Crippen molar-refractivity contribution in [1.29, 1.82) is 0 Å². The molecule has 1 N–H and O–H groups in total. The standard InChI is InChI=1S/C23H38N4O3S/c1-20-7-8-22(19-21(20)2)31(29,30)27(15-6-14-25-12-4-3-5-13-25)16-9-23(28)26-17-10-24-11-18-26/h7-8,19,24H,3-6,9-18H2,1-2H3. The summed E-state index contributed by atoms with van der Waals surface area (Å²) >= 11 is 0. The van der Waals surface area contributed by atoms with E-state index in [1.807, 2.05) is 24.8 Å². The Morgan fingerprint density at radius 2 is 1.71 bits per heavy atom. The number of hydrogen-bond acceptors (Lipinski definition) is 5. The molecule has 0 saturated carbocycles. The summed E-state index contributed by atoms with van der Waals surface area (Å²) in [6, 6.07) is 5.30. The minimum atomic E-state index is -3.64. The van der Waals surface area contributed by atoms with E-state index in [9.17, 15) is 13.2 Å². The van der Waals surface area contributed by atoms with Gasteiger partial charge in [0.1, 0.15) is 0 Å². The summed E-state index contributed by atoms with van der Waals surface area (Å²) in [6.45, 7) is 10.7. The predicted octanol–water partition coefficient (Wildman–Crippen LogP) is 1.99. The van der Waals surface area contributed by atoms with Gasteiger partial charge in [-0.15, -0.1) is 0 Å². The molecule has 1 aromatic carbocycles. The fourth-order valence-corrected chi connectivity index (χ4v) is 5.89. The number of sulfonamides is 1. The van der Waals surface area contributed by atoms with Gasteiger partial charge >= 0.3 is 0 Å². The van der Waals surface area contributed by atoms with Crippen LogP contribution in [0.2, 0.25) is 0 Å². The van der Waals surface area contributed by atoms with Gasteiger partial charge in [0.2, 0.25) is 15.9 Å². The van der Waals surface area contributed by atoms with E-state index in [0.29, 0.717) is 24.5 Å². The molecule has 0 unspecified atom stereocenters. The first-order valence-electron chi connectivity index (χ1n) is 11.7. The summed E-state index contributed by atoms with van der Waals surface area (Å²) < 4.78 is 28.4. The molecule has 0 radical (unpaired) electrons. The van der Waals surface area contributed by atoms with E-state index in [1.165, 1.54) is 23.6 Å². The average molecular weight is 451 g/mol. The first kappa shape index (κ1) is 24.2. The van der Waals surface area contributed by atoms with Gasteiger partial charge in [0.25, 0.3) is 0 Å². The molecule has 0 atom stereocenters. The lowest BCUT2D eigenvalue weighted by atomic mass is 10.1. The van der Waals surface area contributed by atoms with Crippen LogP contribution in [0.4, 0.5) is 0 Å². The molecule has 1 aromatic rings. The molecule has 3 rings (SSSR count). The Kier molecular flexibility index (Phi) is 8.89. The molecule has 174 valence electrons. The van der Waals surface area contributed by atoms with Gasteiger partial charge in [0.15, 0.2) is 0 Å². The average Bonchev–Trinajstić information content (AvgIpc) is 2.78. The third-order valence-electron chi connectivity index (χ3n) is 6.49. The fraction of sp³-hybridized carbons (Fsp3) is 0.696. The van der Waals surface area contributed by atoms with Crippen LogP contribution in [0.1, 0.15) is 43.2 Å². The summed E-state index contributed by atoms with van der Waals surface area (Å²) in [5.74, 6) is 0.0396. The number of benzene rings is 1. The highest BCUT2D eigenvalue weighted by Gasteiger charge is 2.26. The highest BCUT2D eigenvalue weighted by Crippen LogP contribution is 2.20. The zero-order valence-corrected chi connectivity index (χ0v) is 19.9. The van der Waals surface area contributed by atoms with Gasteiger partial charge in [-0.25, -0.2) is 8.42 Å². The second-order valence-corrected chi connectivity index (χ2v) is 10.7. The van der Waals surface area contributed by atoms with E-state index in [2.05, 4.69) is 10.2 Å². The molecule has 0 aromatic heterocycles. The quantitative estimate of drug-likeness (QED) is 0.623. The zero-order valence-electron chi connectivity index (χ0n) is 19.1. The number of hydrogen-bond donors (Lipinski definition) is 1. The normalized spacial score (nSPS) is 18.5. The molecule has 0 aliphatic carbocycles. The molecule has 1 amide bonds. The van der Waals surface area contributed by atoms with Crippen molar-refractivity contribution < 1.29 is 13.2 Å². The largest absolute Gasteiger partial charge is 0.340 e. The van der Waals surface area contributed by atoms with Crippen LogP contribution in [-0.2, 0) is 14.8 Å². The number of rotatable bonds is 9. The Morgan fingerprint density at radius 3 is 2.39 bits per heavy atom. The summed E-state index contributed by atoms with van der Waals surface area (Å²) in [5, 5.41) is 3.24. The van der Waals surface area contributed by atoms with Gasteiger partial charge in [-0.2, -0.15) is 4.31 Å². The topological polar surface area (TPSA) is 73.0 Å². The molecule has 31 heavy (non-hydrogen) atoms. The summed E-state index contributed by atoms with van der Waals surface area (Å²) in [6.07, 6.45) is 4.76. The van der Waals surface area contributed by atoms with Crippen LogP contribution >= 0.6 is 0 Å². The second kappa shape index (κ2) is 11.4. The number of piperidine rings is 1. The monoisotopic (exact) mass is 450 g/mol. The molecule has 7 nitrogen and oxygen atoms in total. The number of aryl methyl sites for hydroxylation is 2. The predicted molar refractivity (Wildman–Crippen MR) is 124 cm³/mol. The fourth-order valence-electron chi connectivity index (χ4n) is 4.32. The Labute approximate surface area is 187 Å². The lowest BCUT2D eigenvalue weighted by molar-refractivity contribution is -0.131. The van der Waals surface area contributed by atoms with Crippen molar-refractivity contribution in [3.63, 3.8) is 0 Å². The zero-order chi connectivity index (χ0) is 22.3. The number of amides is 1. The van der Waals surface area contributed by atoms with E-state index in [4.69, 9.17) is 0 Å². The number of nitrogens with one attached hydrogen (secondary N) is 1. The second-order valence-electron chi connectivity index (χ2n) is 8.79. The smallest absolute Gasteiger partial charge is 0.243 e. The highest BCUT2D eigenvalue weighted by atomic mass is 32.2. The number of nitrogens with zero attached hydrogens (tertiary/aromatic N) is 3. The molecular formula is C23H38N4O3S. The SMILES string of the molecule is Cc1ccc(S(=O)(=O)N(CCCN2CCCCC2)CCC(=O)N2CCNCC2)cc1C. The Bertz CT molecular complexity index is 831. The maximum Gasteiger partial charge on any atom is 0.243 e. The highest BCUT2D eigenvalue weighted by molar-refractivity contribution is 7.89. The van der Waals surface area contributed by atoms with Crippen LogP contribution in [0.3, 0.4) is 0 Å².